The Bertz CT molecular complexity index is 633. The van der Waals surface area contributed by atoms with Crippen LogP contribution in [0.15, 0.2) is 65.8 Å². The summed E-state index contributed by atoms with van der Waals surface area (Å²) in [5, 5.41) is 18.7. The van der Waals surface area contributed by atoms with Crippen molar-refractivity contribution in [2.24, 2.45) is 0 Å². The lowest BCUT2D eigenvalue weighted by molar-refractivity contribution is -0.133. The molecule has 1 aromatic carbocycles. The number of anilines is 1. The molecule has 0 aliphatic heterocycles. The summed E-state index contributed by atoms with van der Waals surface area (Å²) in [5.74, 6) is -1.29. The fourth-order valence-corrected chi connectivity index (χ4v) is 2.50. The summed E-state index contributed by atoms with van der Waals surface area (Å²) in [6.07, 6.45) is 12.8. The number of carbonyl (C=O) groups excluding carboxylic acids is 1. The van der Waals surface area contributed by atoms with E-state index in [9.17, 15) is 9.59 Å². The molecule has 5 heteroatoms. The molecule has 0 unspecified atom stereocenters. The monoisotopic (exact) mass is 343 g/mol. The number of carboxylic acid groups (broad SMARTS) is 1. The van der Waals surface area contributed by atoms with Gasteiger partial charge in [-0.15, -0.1) is 0 Å². The van der Waals surface area contributed by atoms with Gasteiger partial charge >= 0.3 is 5.97 Å². The number of benzene rings is 1. The van der Waals surface area contributed by atoms with E-state index in [1.165, 1.54) is 12.8 Å². The number of hydrogen-bond acceptors (Lipinski definition) is 3. The SMILES string of the molecule is C1=CCCC=C1.CO.O=C(O)C1=C(C(=O)Nc2ccccc2)CCC1. The Morgan fingerprint density at radius 1 is 0.920 bits per heavy atom. The fourth-order valence-electron chi connectivity index (χ4n) is 2.50. The van der Waals surface area contributed by atoms with E-state index in [1.807, 2.05) is 18.2 Å². The number of aliphatic hydroxyl groups is 1. The Labute approximate surface area is 148 Å². The van der Waals surface area contributed by atoms with Gasteiger partial charge in [-0.1, -0.05) is 42.5 Å². The molecule has 2 aliphatic carbocycles. The number of nitrogens with one attached hydrogen (secondary N) is 1. The number of carbonyl (C=O) groups is 2. The van der Waals surface area contributed by atoms with Crippen LogP contribution < -0.4 is 5.32 Å². The van der Waals surface area contributed by atoms with E-state index in [-0.39, 0.29) is 11.5 Å². The van der Waals surface area contributed by atoms with Crippen LogP contribution in [0.4, 0.5) is 5.69 Å². The number of aliphatic carboxylic acids is 1. The van der Waals surface area contributed by atoms with Crippen LogP contribution >= 0.6 is 0 Å². The summed E-state index contributed by atoms with van der Waals surface area (Å²) in [6.45, 7) is 0. The topological polar surface area (TPSA) is 86.6 Å². The number of para-hydroxylation sites is 1. The molecule has 0 bridgehead atoms. The highest BCUT2D eigenvalue weighted by molar-refractivity contribution is 6.09. The van der Waals surface area contributed by atoms with Crippen molar-refractivity contribution >= 4 is 17.6 Å². The average Bonchev–Trinajstić information content (AvgIpc) is 3.17. The van der Waals surface area contributed by atoms with Gasteiger partial charge in [0.05, 0.1) is 0 Å². The van der Waals surface area contributed by atoms with Crippen LogP contribution in [0.1, 0.15) is 32.1 Å². The van der Waals surface area contributed by atoms with Gasteiger partial charge in [-0.2, -0.15) is 0 Å². The van der Waals surface area contributed by atoms with Gasteiger partial charge in [0.15, 0.2) is 0 Å². The summed E-state index contributed by atoms with van der Waals surface area (Å²) in [4.78, 5) is 22.8. The molecule has 0 radical (unpaired) electrons. The van der Waals surface area contributed by atoms with Crippen molar-refractivity contribution in [2.45, 2.75) is 32.1 Å². The predicted molar refractivity (Wildman–Crippen MR) is 99.2 cm³/mol. The van der Waals surface area contributed by atoms with Crippen LogP contribution in [-0.4, -0.2) is 29.2 Å². The summed E-state index contributed by atoms with van der Waals surface area (Å²) < 4.78 is 0. The smallest absolute Gasteiger partial charge is 0.332 e. The first kappa shape index (κ1) is 20.4. The molecule has 25 heavy (non-hydrogen) atoms. The highest BCUT2D eigenvalue weighted by Crippen LogP contribution is 2.27. The minimum atomic E-state index is -0.985. The van der Waals surface area contributed by atoms with Crippen LogP contribution in [0.25, 0.3) is 0 Å². The molecule has 3 rings (SSSR count). The number of hydrogen-bond donors (Lipinski definition) is 3. The van der Waals surface area contributed by atoms with Gasteiger partial charge in [0.25, 0.3) is 5.91 Å². The molecule has 5 nitrogen and oxygen atoms in total. The standard InChI is InChI=1S/C13H13NO3.C6H8.CH4O/c15-12(14-9-5-2-1-3-6-9)10-7-4-8-11(10)13(16)17;1-2-4-6-5-3-1;1-2/h1-3,5-6H,4,7-8H2,(H,14,15)(H,16,17);1-4H,5-6H2;2H,1H3. The second kappa shape index (κ2) is 11.8. The van der Waals surface area contributed by atoms with Gasteiger partial charge < -0.3 is 15.5 Å². The van der Waals surface area contributed by atoms with Crippen molar-refractivity contribution in [3.8, 4) is 0 Å². The maximum atomic E-state index is 11.9. The van der Waals surface area contributed by atoms with Gasteiger partial charge in [-0.3, -0.25) is 4.79 Å². The predicted octanol–water partition coefficient (Wildman–Crippen LogP) is 3.69. The van der Waals surface area contributed by atoms with Crippen molar-refractivity contribution in [2.75, 3.05) is 12.4 Å². The maximum Gasteiger partial charge on any atom is 0.332 e. The minimum Gasteiger partial charge on any atom is -0.478 e. The lowest BCUT2D eigenvalue weighted by Gasteiger charge is -2.06. The lowest BCUT2D eigenvalue weighted by atomic mass is 10.1. The Hall–Kier alpha value is -2.66. The van der Waals surface area contributed by atoms with Crippen LogP contribution in [0.5, 0.6) is 0 Å². The molecule has 1 aromatic rings. The zero-order valence-corrected chi connectivity index (χ0v) is 14.4. The first-order valence-electron chi connectivity index (χ1n) is 8.26. The van der Waals surface area contributed by atoms with Gasteiger partial charge in [0.1, 0.15) is 0 Å². The molecule has 0 aromatic heterocycles. The molecular formula is C20H25NO4. The highest BCUT2D eigenvalue weighted by Gasteiger charge is 2.25. The van der Waals surface area contributed by atoms with E-state index in [0.717, 1.165) is 13.5 Å². The fraction of sp³-hybridized carbons (Fsp3) is 0.300. The summed E-state index contributed by atoms with van der Waals surface area (Å²) in [5.41, 5.74) is 1.33. The van der Waals surface area contributed by atoms with Gasteiger partial charge in [-0.05, 0) is 44.2 Å². The average molecular weight is 343 g/mol. The molecule has 0 spiro atoms. The van der Waals surface area contributed by atoms with E-state index < -0.39 is 5.97 Å². The van der Waals surface area contributed by atoms with Crippen LogP contribution in [0.2, 0.25) is 0 Å². The van der Waals surface area contributed by atoms with Gasteiger partial charge in [0, 0.05) is 23.9 Å². The number of rotatable bonds is 3. The first-order valence-corrected chi connectivity index (χ1v) is 8.26. The van der Waals surface area contributed by atoms with Crippen LogP contribution in [-0.2, 0) is 9.59 Å². The molecular weight excluding hydrogens is 318 g/mol. The minimum absolute atomic E-state index is 0.249. The molecule has 3 N–H and O–H groups in total. The molecule has 0 atom stereocenters. The van der Waals surface area contributed by atoms with Crippen molar-refractivity contribution in [3.63, 3.8) is 0 Å². The van der Waals surface area contributed by atoms with E-state index >= 15 is 0 Å². The van der Waals surface area contributed by atoms with Crippen molar-refractivity contribution < 1.29 is 19.8 Å². The second-order valence-electron chi connectivity index (χ2n) is 5.37. The first-order chi connectivity index (χ1) is 12.2. The number of aliphatic hydroxyl groups excluding tert-OH is 1. The molecule has 0 fully saturated rings. The Morgan fingerprint density at radius 2 is 1.48 bits per heavy atom. The highest BCUT2D eigenvalue weighted by atomic mass is 16.4. The Morgan fingerprint density at radius 3 is 1.96 bits per heavy atom. The van der Waals surface area contributed by atoms with Crippen molar-refractivity contribution in [1.29, 1.82) is 0 Å². The third-order valence-corrected chi connectivity index (χ3v) is 3.67. The third-order valence-electron chi connectivity index (χ3n) is 3.67. The van der Waals surface area contributed by atoms with Crippen LogP contribution in [0.3, 0.4) is 0 Å². The summed E-state index contributed by atoms with van der Waals surface area (Å²) >= 11 is 0. The van der Waals surface area contributed by atoms with Gasteiger partial charge in [0.2, 0.25) is 0 Å². The molecule has 0 saturated heterocycles. The summed E-state index contributed by atoms with van der Waals surface area (Å²) in [7, 11) is 1.00. The maximum absolute atomic E-state index is 11.9. The van der Waals surface area contributed by atoms with Crippen molar-refractivity contribution in [1.82, 2.24) is 0 Å². The number of amides is 1. The molecule has 1 amide bonds. The molecule has 2 aliphatic rings. The number of allylic oxidation sites excluding steroid dienone is 4. The van der Waals surface area contributed by atoms with E-state index in [1.54, 1.807) is 12.1 Å². The zero-order valence-electron chi connectivity index (χ0n) is 14.4. The van der Waals surface area contributed by atoms with E-state index in [2.05, 4.69) is 29.6 Å². The van der Waals surface area contributed by atoms with E-state index in [4.69, 9.17) is 10.2 Å². The lowest BCUT2D eigenvalue weighted by Crippen LogP contribution is -2.16. The zero-order chi connectivity index (χ0) is 18.5. The van der Waals surface area contributed by atoms with Crippen molar-refractivity contribution in [3.05, 3.63) is 65.8 Å². The van der Waals surface area contributed by atoms with Crippen LogP contribution in [0, 0.1) is 0 Å². The molecule has 134 valence electrons. The Kier molecular flexibility index (Phi) is 9.63. The quantitative estimate of drug-likeness (QED) is 0.781. The number of carboxylic acids is 1. The molecule has 0 saturated carbocycles. The third kappa shape index (κ3) is 7.18. The second-order valence-corrected chi connectivity index (χ2v) is 5.37. The largest absolute Gasteiger partial charge is 0.478 e. The van der Waals surface area contributed by atoms with E-state index in [0.29, 0.717) is 24.1 Å². The summed E-state index contributed by atoms with van der Waals surface area (Å²) in [6, 6.07) is 9.03. The van der Waals surface area contributed by atoms with Gasteiger partial charge in [-0.25, -0.2) is 4.79 Å². The molecule has 0 heterocycles. The normalized spacial score (nSPS) is 14.8. The Balaban J connectivity index is 0.000000326.